The number of benzene rings is 2. The molecule has 6 heteroatoms. The van der Waals surface area contributed by atoms with E-state index in [-0.39, 0.29) is 12.4 Å². The molecule has 1 aliphatic heterocycles. The van der Waals surface area contributed by atoms with Crippen LogP contribution in [-0.2, 0) is 5.60 Å². The number of piperidine rings is 1. The van der Waals surface area contributed by atoms with Crippen molar-refractivity contribution in [1.82, 2.24) is 10.2 Å². The van der Waals surface area contributed by atoms with Gasteiger partial charge in [-0.1, -0.05) is 66.5 Å². The van der Waals surface area contributed by atoms with Crippen LogP contribution in [0.2, 0.25) is 10.0 Å². The second-order valence-electron chi connectivity index (χ2n) is 7.76. The number of halogens is 3. The highest BCUT2D eigenvalue weighted by Crippen LogP contribution is 2.36. The van der Waals surface area contributed by atoms with Crippen molar-refractivity contribution >= 4 is 35.6 Å². The topological polar surface area (TPSA) is 35.5 Å². The van der Waals surface area contributed by atoms with Gasteiger partial charge in [0.1, 0.15) is 0 Å². The van der Waals surface area contributed by atoms with Crippen molar-refractivity contribution in [2.45, 2.75) is 44.2 Å². The molecule has 0 radical (unpaired) electrons. The summed E-state index contributed by atoms with van der Waals surface area (Å²) in [6.45, 7) is 7.95. The maximum atomic E-state index is 11.1. The van der Waals surface area contributed by atoms with Crippen LogP contribution in [0.5, 0.6) is 0 Å². The van der Waals surface area contributed by atoms with Crippen molar-refractivity contribution < 1.29 is 5.11 Å². The molecule has 0 aromatic heterocycles. The summed E-state index contributed by atoms with van der Waals surface area (Å²) in [5.41, 5.74) is 1.50. The Morgan fingerprint density at radius 3 is 2.31 bits per heavy atom. The predicted molar refractivity (Wildman–Crippen MR) is 126 cm³/mol. The van der Waals surface area contributed by atoms with Crippen molar-refractivity contribution in [2.24, 2.45) is 0 Å². The monoisotopic (exact) mass is 456 g/mol. The van der Waals surface area contributed by atoms with Crippen LogP contribution in [0.15, 0.2) is 48.5 Å². The number of hydrogen-bond acceptors (Lipinski definition) is 3. The third kappa shape index (κ3) is 5.88. The van der Waals surface area contributed by atoms with Crippen molar-refractivity contribution in [1.29, 1.82) is 0 Å². The van der Waals surface area contributed by atoms with Gasteiger partial charge in [-0.2, -0.15) is 0 Å². The van der Waals surface area contributed by atoms with Crippen LogP contribution in [0.1, 0.15) is 43.7 Å². The molecule has 3 rings (SSSR count). The zero-order valence-corrected chi connectivity index (χ0v) is 19.4. The third-order valence-electron chi connectivity index (χ3n) is 6.08. The van der Waals surface area contributed by atoms with E-state index in [2.05, 4.69) is 30.1 Å². The molecule has 29 heavy (non-hydrogen) atoms. The zero-order chi connectivity index (χ0) is 20.1. The van der Waals surface area contributed by atoms with Crippen LogP contribution in [0.3, 0.4) is 0 Å². The fourth-order valence-electron chi connectivity index (χ4n) is 4.20. The lowest BCUT2D eigenvalue weighted by molar-refractivity contribution is -0.0364. The summed E-state index contributed by atoms with van der Waals surface area (Å²) >= 11 is 12.4. The molecular formula is C23H31Cl3N2O. The highest BCUT2D eigenvalue weighted by Gasteiger charge is 2.36. The second kappa shape index (κ2) is 11.0. The largest absolute Gasteiger partial charge is 0.385 e. The SMILES string of the molecule is CCNCC(c1ccc(Cl)c(Cl)c1)C(C)N1CCC(O)(c2ccccc2)CC1.Cl. The Morgan fingerprint density at radius 1 is 1.07 bits per heavy atom. The van der Waals surface area contributed by atoms with Gasteiger partial charge in [0, 0.05) is 31.6 Å². The first-order chi connectivity index (χ1) is 13.4. The summed E-state index contributed by atoms with van der Waals surface area (Å²) in [5.74, 6) is 0.303. The molecule has 0 aliphatic carbocycles. The van der Waals surface area contributed by atoms with Gasteiger partial charge < -0.3 is 10.4 Å². The third-order valence-corrected chi connectivity index (χ3v) is 6.82. The number of rotatable bonds is 7. The molecule has 2 aromatic rings. The van der Waals surface area contributed by atoms with Crippen molar-refractivity contribution in [3.63, 3.8) is 0 Å². The van der Waals surface area contributed by atoms with E-state index >= 15 is 0 Å². The molecule has 0 amide bonds. The minimum absolute atomic E-state index is 0. The molecule has 2 N–H and O–H groups in total. The smallest absolute Gasteiger partial charge is 0.0920 e. The Kier molecular flexibility index (Phi) is 9.27. The first-order valence-corrected chi connectivity index (χ1v) is 10.9. The van der Waals surface area contributed by atoms with Crippen LogP contribution in [0.4, 0.5) is 0 Å². The van der Waals surface area contributed by atoms with Crippen LogP contribution < -0.4 is 5.32 Å². The van der Waals surface area contributed by atoms with Gasteiger partial charge in [-0.25, -0.2) is 0 Å². The Hall–Kier alpha value is -0.810. The molecule has 0 saturated carbocycles. The van der Waals surface area contributed by atoms with Crippen LogP contribution in [-0.4, -0.2) is 42.2 Å². The van der Waals surface area contributed by atoms with E-state index in [1.807, 2.05) is 42.5 Å². The van der Waals surface area contributed by atoms with E-state index in [0.717, 1.165) is 44.6 Å². The predicted octanol–water partition coefficient (Wildman–Crippen LogP) is 5.48. The van der Waals surface area contributed by atoms with Gasteiger partial charge in [0.2, 0.25) is 0 Å². The van der Waals surface area contributed by atoms with Crippen LogP contribution in [0.25, 0.3) is 0 Å². The molecular weight excluding hydrogens is 427 g/mol. The fourth-order valence-corrected chi connectivity index (χ4v) is 4.51. The first-order valence-electron chi connectivity index (χ1n) is 10.1. The van der Waals surface area contributed by atoms with Gasteiger partial charge >= 0.3 is 0 Å². The molecule has 0 spiro atoms. The van der Waals surface area contributed by atoms with Gasteiger partial charge in [-0.05, 0) is 49.6 Å². The highest BCUT2D eigenvalue weighted by atomic mass is 35.5. The fraction of sp³-hybridized carbons (Fsp3) is 0.478. The Bertz CT molecular complexity index is 764. The van der Waals surface area contributed by atoms with Gasteiger partial charge in [-0.3, -0.25) is 4.90 Å². The Labute approximate surface area is 190 Å². The van der Waals surface area contributed by atoms with Crippen molar-refractivity contribution in [3.8, 4) is 0 Å². The standard InChI is InChI=1S/C23H30Cl2N2O.ClH/c1-3-26-16-20(18-9-10-21(24)22(25)15-18)17(2)27-13-11-23(28,12-14-27)19-7-5-4-6-8-19;/h4-10,15,17,20,26,28H,3,11-14,16H2,1-2H3;1H. The number of nitrogens with one attached hydrogen (secondary N) is 1. The molecule has 3 nitrogen and oxygen atoms in total. The van der Waals surface area contributed by atoms with Crippen molar-refractivity contribution in [2.75, 3.05) is 26.2 Å². The lowest BCUT2D eigenvalue weighted by Crippen LogP contribution is -2.49. The summed E-state index contributed by atoms with van der Waals surface area (Å²) in [4.78, 5) is 2.49. The van der Waals surface area contributed by atoms with Crippen LogP contribution >= 0.6 is 35.6 Å². The number of hydrogen-bond donors (Lipinski definition) is 2. The quantitative estimate of drug-likeness (QED) is 0.578. The van der Waals surface area contributed by atoms with Crippen molar-refractivity contribution in [3.05, 3.63) is 69.7 Å². The maximum Gasteiger partial charge on any atom is 0.0920 e. The molecule has 1 heterocycles. The lowest BCUT2D eigenvalue weighted by Gasteiger charge is -2.43. The first kappa shape index (κ1) is 24.5. The number of aliphatic hydroxyl groups is 1. The molecule has 1 saturated heterocycles. The molecule has 0 bridgehead atoms. The average Bonchev–Trinajstić information content (AvgIpc) is 2.72. The number of likely N-dealkylation sites (N-methyl/N-ethyl adjacent to an activating group) is 1. The molecule has 2 unspecified atom stereocenters. The summed E-state index contributed by atoms with van der Waals surface area (Å²) in [5, 5.41) is 15.8. The van der Waals surface area contributed by atoms with Gasteiger partial charge in [0.25, 0.3) is 0 Å². The van der Waals surface area contributed by atoms with E-state index in [1.54, 1.807) is 0 Å². The van der Waals surface area contributed by atoms with E-state index in [1.165, 1.54) is 5.56 Å². The summed E-state index contributed by atoms with van der Waals surface area (Å²) in [6.07, 6.45) is 1.49. The normalized spacial score (nSPS) is 18.7. The summed E-state index contributed by atoms with van der Waals surface area (Å²) in [7, 11) is 0. The Morgan fingerprint density at radius 2 is 1.72 bits per heavy atom. The molecule has 1 aliphatic rings. The van der Waals surface area contributed by atoms with Gasteiger partial charge in [0.05, 0.1) is 15.6 Å². The van der Waals surface area contributed by atoms with Gasteiger partial charge in [-0.15, -0.1) is 12.4 Å². The number of likely N-dealkylation sites (tertiary alicyclic amines) is 1. The van der Waals surface area contributed by atoms with E-state index in [4.69, 9.17) is 23.2 Å². The Balaban J connectivity index is 0.00000300. The second-order valence-corrected chi connectivity index (χ2v) is 8.58. The number of nitrogens with zero attached hydrogens (tertiary/aromatic N) is 1. The lowest BCUT2D eigenvalue weighted by atomic mass is 9.82. The summed E-state index contributed by atoms with van der Waals surface area (Å²) < 4.78 is 0. The van der Waals surface area contributed by atoms with E-state index in [9.17, 15) is 5.11 Å². The van der Waals surface area contributed by atoms with Gasteiger partial charge in [0.15, 0.2) is 0 Å². The van der Waals surface area contributed by atoms with E-state index in [0.29, 0.717) is 22.0 Å². The molecule has 160 valence electrons. The summed E-state index contributed by atoms with van der Waals surface area (Å²) in [6, 6.07) is 16.3. The molecule has 2 atom stereocenters. The van der Waals surface area contributed by atoms with E-state index < -0.39 is 5.60 Å². The molecule has 1 fully saturated rings. The van der Waals surface area contributed by atoms with Crippen LogP contribution in [0, 0.1) is 0 Å². The minimum atomic E-state index is -0.724. The maximum absolute atomic E-state index is 11.1. The molecule has 2 aromatic carbocycles. The zero-order valence-electron chi connectivity index (χ0n) is 17.1. The highest BCUT2D eigenvalue weighted by molar-refractivity contribution is 6.42. The minimum Gasteiger partial charge on any atom is -0.385 e. The average molecular weight is 458 g/mol.